The molecule has 0 aliphatic carbocycles. The van der Waals surface area contributed by atoms with Gasteiger partial charge in [0.25, 0.3) is 5.56 Å². The molecule has 2 unspecified atom stereocenters. The van der Waals surface area contributed by atoms with Crippen LogP contribution in [0.4, 0.5) is 5.69 Å². The molecule has 0 saturated carbocycles. The maximum atomic E-state index is 12.7. The number of aromatic nitrogens is 1. The van der Waals surface area contributed by atoms with E-state index in [1.54, 1.807) is 11.5 Å². The minimum absolute atomic E-state index is 0.154. The molecule has 5 nitrogen and oxygen atoms in total. The van der Waals surface area contributed by atoms with E-state index < -0.39 is 6.10 Å². The van der Waals surface area contributed by atoms with E-state index in [0.717, 1.165) is 22.5 Å². The van der Waals surface area contributed by atoms with Gasteiger partial charge in [-0.2, -0.15) is 5.26 Å². The average Bonchev–Trinajstić information content (AvgIpc) is 3.04. The van der Waals surface area contributed by atoms with E-state index in [9.17, 15) is 15.2 Å². The van der Waals surface area contributed by atoms with Gasteiger partial charge in [0, 0.05) is 29.2 Å². The number of rotatable bonds is 5. The Hall–Kier alpha value is -3.07. The molecule has 0 fully saturated rings. The number of aliphatic hydroxyl groups excluding tert-OH is 1. The maximum absolute atomic E-state index is 12.7. The summed E-state index contributed by atoms with van der Waals surface area (Å²) in [5.41, 5.74) is 5.24. The molecule has 2 heterocycles. The quantitative estimate of drug-likeness (QED) is 0.646. The van der Waals surface area contributed by atoms with Crippen LogP contribution in [0.5, 0.6) is 0 Å². The number of pyridine rings is 1. The summed E-state index contributed by atoms with van der Waals surface area (Å²) in [6.45, 7) is 4.04. The number of halogens is 1. The molecule has 2 N–H and O–H groups in total. The van der Waals surface area contributed by atoms with Crippen molar-refractivity contribution < 1.29 is 5.11 Å². The Bertz CT molecular complexity index is 1230. The lowest BCUT2D eigenvalue weighted by Gasteiger charge is -2.20. The highest BCUT2D eigenvalue weighted by molar-refractivity contribution is 6.31. The first-order valence-corrected chi connectivity index (χ1v) is 10.2. The maximum Gasteiger partial charge on any atom is 0.255 e. The second-order valence-corrected chi connectivity index (χ2v) is 8.13. The molecule has 0 saturated heterocycles. The minimum atomic E-state index is -0.683. The molecule has 2 aromatic carbocycles. The number of nitrogens with one attached hydrogen (secondary N) is 1. The zero-order valence-electron chi connectivity index (χ0n) is 16.8. The van der Waals surface area contributed by atoms with Gasteiger partial charge in [-0.3, -0.25) is 9.36 Å². The van der Waals surface area contributed by atoms with Crippen LogP contribution in [0.3, 0.4) is 0 Å². The van der Waals surface area contributed by atoms with Crippen LogP contribution in [0, 0.1) is 25.2 Å². The van der Waals surface area contributed by atoms with Gasteiger partial charge in [-0.25, -0.2) is 0 Å². The summed E-state index contributed by atoms with van der Waals surface area (Å²) in [7, 11) is 0. The van der Waals surface area contributed by atoms with E-state index in [1.165, 1.54) is 6.07 Å². The number of fused-ring (bicyclic) bond motifs is 3. The van der Waals surface area contributed by atoms with E-state index >= 15 is 0 Å². The third-order valence-corrected chi connectivity index (χ3v) is 6.08. The number of hydrogen-bond acceptors (Lipinski definition) is 4. The summed E-state index contributed by atoms with van der Waals surface area (Å²) in [5, 5.41) is 24.4. The Morgan fingerprint density at radius 2 is 1.97 bits per heavy atom. The van der Waals surface area contributed by atoms with Crippen LogP contribution in [-0.4, -0.2) is 22.3 Å². The fourth-order valence-electron chi connectivity index (χ4n) is 4.14. The summed E-state index contributed by atoms with van der Waals surface area (Å²) in [6.07, 6.45) is -0.293. The van der Waals surface area contributed by atoms with E-state index in [4.69, 9.17) is 11.6 Å². The number of nitrogens with zero attached hydrogens (tertiary/aromatic N) is 2. The molecule has 0 amide bonds. The molecule has 30 heavy (non-hydrogen) atoms. The molecule has 152 valence electrons. The van der Waals surface area contributed by atoms with Gasteiger partial charge in [0.05, 0.1) is 23.0 Å². The normalized spacial score (nSPS) is 15.2. The number of nitriles is 1. The van der Waals surface area contributed by atoms with Crippen molar-refractivity contribution in [2.24, 2.45) is 0 Å². The molecule has 1 aromatic heterocycles. The lowest BCUT2D eigenvalue weighted by Crippen LogP contribution is -2.24. The number of aryl methyl sites for hydroxylation is 2. The van der Waals surface area contributed by atoms with E-state index in [0.29, 0.717) is 34.8 Å². The number of aliphatic hydroxyl groups is 1. The highest BCUT2D eigenvalue weighted by Crippen LogP contribution is 2.41. The van der Waals surface area contributed by atoms with Crippen molar-refractivity contribution in [1.29, 1.82) is 5.26 Å². The highest BCUT2D eigenvalue weighted by atomic mass is 35.5. The minimum Gasteiger partial charge on any atom is -0.391 e. The van der Waals surface area contributed by atoms with Crippen molar-refractivity contribution in [3.8, 4) is 11.8 Å². The SMILES string of the molecule is Cc1ccc(NCC(O)CC2c3ccccc3-n3c2c(C#N)c(C)cc3=O)cc1Cl. The first-order chi connectivity index (χ1) is 14.4. The Morgan fingerprint density at radius 3 is 2.70 bits per heavy atom. The summed E-state index contributed by atoms with van der Waals surface area (Å²) in [4.78, 5) is 12.7. The fraction of sp³-hybridized carbons (Fsp3) is 0.250. The zero-order chi connectivity index (χ0) is 21.4. The van der Waals surface area contributed by atoms with Crippen molar-refractivity contribution in [2.75, 3.05) is 11.9 Å². The van der Waals surface area contributed by atoms with Gasteiger partial charge >= 0.3 is 0 Å². The Kier molecular flexibility index (Phi) is 5.38. The third kappa shape index (κ3) is 3.49. The fourth-order valence-corrected chi connectivity index (χ4v) is 4.32. The first-order valence-electron chi connectivity index (χ1n) is 9.84. The van der Waals surface area contributed by atoms with Gasteiger partial charge in [-0.05, 0) is 55.2 Å². The van der Waals surface area contributed by atoms with E-state index in [-0.39, 0.29) is 11.5 Å². The van der Waals surface area contributed by atoms with Crippen molar-refractivity contribution in [3.05, 3.63) is 91.9 Å². The second-order valence-electron chi connectivity index (χ2n) is 7.72. The molecule has 6 heteroatoms. The molecule has 0 bridgehead atoms. The van der Waals surface area contributed by atoms with E-state index in [1.807, 2.05) is 49.4 Å². The summed E-state index contributed by atoms with van der Waals surface area (Å²) < 4.78 is 1.62. The molecule has 1 aliphatic heterocycles. The van der Waals surface area contributed by atoms with Gasteiger partial charge < -0.3 is 10.4 Å². The van der Waals surface area contributed by atoms with Gasteiger partial charge in [0.1, 0.15) is 6.07 Å². The Labute approximate surface area is 180 Å². The number of anilines is 1. The van der Waals surface area contributed by atoms with Crippen molar-refractivity contribution >= 4 is 17.3 Å². The van der Waals surface area contributed by atoms with Crippen LogP contribution in [0.15, 0.2) is 53.3 Å². The standard InChI is InChI=1S/C24H22ClN3O2/c1-14-7-8-16(10-21(14)25)27-13-17(29)11-19-18-5-3-4-6-22(18)28-23(30)9-15(2)20(12-26)24(19)28/h3-10,17,19,27,29H,11,13H2,1-2H3. The van der Waals surface area contributed by atoms with Crippen LogP contribution in [-0.2, 0) is 0 Å². The molecule has 1 aliphatic rings. The third-order valence-electron chi connectivity index (χ3n) is 5.67. The van der Waals surface area contributed by atoms with Crippen molar-refractivity contribution in [1.82, 2.24) is 4.57 Å². The molecule has 3 aromatic rings. The van der Waals surface area contributed by atoms with Crippen LogP contribution < -0.4 is 10.9 Å². The molecular weight excluding hydrogens is 398 g/mol. The van der Waals surface area contributed by atoms with E-state index in [2.05, 4.69) is 11.4 Å². The van der Waals surface area contributed by atoms with Crippen molar-refractivity contribution in [2.45, 2.75) is 32.3 Å². The van der Waals surface area contributed by atoms with Gasteiger partial charge in [0.15, 0.2) is 0 Å². The molecule has 4 rings (SSSR count). The van der Waals surface area contributed by atoms with Gasteiger partial charge in [-0.15, -0.1) is 0 Å². The highest BCUT2D eigenvalue weighted by Gasteiger charge is 2.34. The molecule has 0 radical (unpaired) electrons. The lowest BCUT2D eigenvalue weighted by atomic mass is 9.89. The van der Waals surface area contributed by atoms with Gasteiger partial charge in [-0.1, -0.05) is 35.9 Å². The predicted molar refractivity (Wildman–Crippen MR) is 119 cm³/mol. The largest absolute Gasteiger partial charge is 0.391 e. The zero-order valence-corrected chi connectivity index (χ0v) is 17.6. The number of hydrogen-bond donors (Lipinski definition) is 2. The topological polar surface area (TPSA) is 78.0 Å². The summed E-state index contributed by atoms with van der Waals surface area (Å²) in [6, 6.07) is 17.1. The average molecular weight is 420 g/mol. The number of para-hydroxylation sites is 1. The number of benzene rings is 2. The second kappa shape index (κ2) is 7.98. The Balaban J connectivity index is 1.64. The predicted octanol–water partition coefficient (Wildman–Crippen LogP) is 4.29. The van der Waals surface area contributed by atoms with Crippen LogP contribution in [0.25, 0.3) is 5.69 Å². The smallest absolute Gasteiger partial charge is 0.255 e. The first kappa shape index (κ1) is 20.2. The lowest BCUT2D eigenvalue weighted by molar-refractivity contribution is 0.172. The molecular formula is C24H22ClN3O2. The van der Waals surface area contributed by atoms with Gasteiger partial charge in [0.2, 0.25) is 0 Å². The van der Waals surface area contributed by atoms with Crippen LogP contribution in [0.1, 0.15) is 40.3 Å². The molecule has 2 atom stereocenters. The van der Waals surface area contributed by atoms with Crippen LogP contribution in [0.2, 0.25) is 5.02 Å². The monoisotopic (exact) mass is 419 g/mol. The van der Waals surface area contributed by atoms with Crippen LogP contribution >= 0.6 is 11.6 Å². The summed E-state index contributed by atoms with van der Waals surface area (Å²) in [5.74, 6) is -0.234. The Morgan fingerprint density at radius 1 is 1.20 bits per heavy atom. The summed E-state index contributed by atoms with van der Waals surface area (Å²) >= 11 is 6.18. The molecule has 0 spiro atoms. The van der Waals surface area contributed by atoms with Crippen molar-refractivity contribution in [3.63, 3.8) is 0 Å².